The lowest BCUT2D eigenvalue weighted by atomic mass is 10.2. The van der Waals surface area contributed by atoms with Crippen LogP contribution in [-0.4, -0.2) is 22.4 Å². The van der Waals surface area contributed by atoms with Gasteiger partial charge in [0.2, 0.25) is 0 Å². The fourth-order valence-corrected chi connectivity index (χ4v) is 3.07. The van der Waals surface area contributed by atoms with Crippen molar-refractivity contribution in [3.63, 3.8) is 0 Å². The lowest BCUT2D eigenvalue weighted by Gasteiger charge is -1.95. The van der Waals surface area contributed by atoms with Crippen LogP contribution in [0.3, 0.4) is 0 Å². The van der Waals surface area contributed by atoms with E-state index in [9.17, 15) is 0 Å². The third-order valence-corrected chi connectivity index (χ3v) is 4.18. The van der Waals surface area contributed by atoms with E-state index < -0.39 is 0 Å². The second-order valence-corrected chi connectivity index (χ2v) is 6.30. The van der Waals surface area contributed by atoms with Crippen molar-refractivity contribution >= 4 is 47.0 Å². The quantitative estimate of drug-likeness (QED) is 0.404. The van der Waals surface area contributed by atoms with Gasteiger partial charge in [-0.25, -0.2) is 9.97 Å². The zero-order valence-electron chi connectivity index (χ0n) is 13.5. The molecule has 0 N–H and O–H groups in total. The fourth-order valence-electron chi connectivity index (χ4n) is 2.67. The summed E-state index contributed by atoms with van der Waals surface area (Å²) in [6, 6.07) is 19.0. The monoisotopic (exact) mass is 378 g/mol. The van der Waals surface area contributed by atoms with Gasteiger partial charge in [-0.3, -0.25) is 9.98 Å². The Morgan fingerprint density at radius 2 is 1.08 bits per heavy atom. The highest BCUT2D eigenvalue weighted by Crippen LogP contribution is 2.33. The van der Waals surface area contributed by atoms with Crippen LogP contribution >= 0.6 is 23.2 Å². The maximum Gasteiger partial charge on any atom is 0.130 e. The van der Waals surface area contributed by atoms with E-state index in [1.807, 2.05) is 60.7 Å². The fraction of sp³-hybridized carbons (Fsp3) is 0. The molecule has 2 aliphatic heterocycles. The minimum absolute atomic E-state index is 0.453. The minimum Gasteiger partial charge on any atom is -0.253 e. The van der Waals surface area contributed by atoms with Gasteiger partial charge in [-0.2, -0.15) is 0 Å². The van der Waals surface area contributed by atoms with Crippen molar-refractivity contribution in [1.82, 2.24) is 9.97 Å². The molecule has 0 saturated carbocycles. The number of fused-ring (bicyclic) bond motifs is 2. The van der Waals surface area contributed by atoms with Gasteiger partial charge in [-0.1, -0.05) is 59.6 Å². The smallest absolute Gasteiger partial charge is 0.130 e. The van der Waals surface area contributed by atoms with Crippen LogP contribution in [0.4, 0.5) is 11.4 Å². The van der Waals surface area contributed by atoms with E-state index in [1.165, 1.54) is 0 Å². The van der Waals surface area contributed by atoms with Crippen LogP contribution in [-0.2, 0) is 0 Å². The van der Waals surface area contributed by atoms with Crippen molar-refractivity contribution in [2.75, 3.05) is 0 Å². The number of rotatable bonds is 3. The Morgan fingerprint density at radius 1 is 0.654 bits per heavy atom. The minimum atomic E-state index is 0.453. The number of halogens is 2. The summed E-state index contributed by atoms with van der Waals surface area (Å²) in [7, 11) is 0. The normalized spacial score (nSPS) is 11.9. The van der Waals surface area contributed by atoms with Crippen LogP contribution in [0.2, 0.25) is 10.3 Å². The maximum absolute atomic E-state index is 6.00. The Bertz CT molecular complexity index is 988. The van der Waals surface area contributed by atoms with Crippen LogP contribution in [0, 0.1) is 0 Å². The van der Waals surface area contributed by atoms with Gasteiger partial charge in [-0.05, 0) is 24.3 Å². The molecule has 0 atom stereocenters. The molecule has 2 aliphatic carbocycles. The average Bonchev–Trinajstić information content (AvgIpc) is 3.05. The predicted octanol–water partition coefficient (Wildman–Crippen LogP) is 6.10. The Morgan fingerprint density at radius 3 is 1.54 bits per heavy atom. The molecule has 4 aliphatic rings. The number of nitrogens with zero attached hydrogens (tertiary/aromatic N) is 4. The molecule has 0 unspecified atom stereocenters. The van der Waals surface area contributed by atoms with Gasteiger partial charge in [0, 0.05) is 23.6 Å². The van der Waals surface area contributed by atoms with E-state index in [0.717, 1.165) is 33.9 Å². The van der Waals surface area contributed by atoms with Gasteiger partial charge in [-0.15, -0.1) is 0 Å². The second kappa shape index (κ2) is 7.20. The Balaban J connectivity index is 1.63. The van der Waals surface area contributed by atoms with Gasteiger partial charge in [0.05, 0.1) is 22.8 Å². The summed E-state index contributed by atoms with van der Waals surface area (Å²) in [5, 5.41) is 0.907. The molecule has 0 bridgehead atoms. The molecule has 0 saturated heterocycles. The lowest BCUT2D eigenvalue weighted by molar-refractivity contribution is 1.39. The van der Waals surface area contributed by atoms with Crippen molar-refractivity contribution in [3.8, 4) is 22.5 Å². The van der Waals surface area contributed by atoms with Crippen LogP contribution in [0.5, 0.6) is 0 Å². The van der Waals surface area contributed by atoms with Crippen LogP contribution in [0.25, 0.3) is 22.5 Å². The number of hydrogen-bond donors (Lipinski definition) is 0. The molecule has 6 heteroatoms. The predicted molar refractivity (Wildman–Crippen MR) is 108 cm³/mol. The zero-order valence-corrected chi connectivity index (χ0v) is 15.0. The molecule has 126 valence electrons. The molecule has 0 amide bonds. The molecule has 0 aromatic rings. The van der Waals surface area contributed by atoms with E-state index in [2.05, 4.69) is 20.0 Å². The van der Waals surface area contributed by atoms with E-state index in [1.54, 1.807) is 12.4 Å². The maximum atomic E-state index is 6.00. The average molecular weight is 379 g/mol. The molecular weight excluding hydrogens is 367 g/mol. The molecule has 26 heavy (non-hydrogen) atoms. The summed E-state index contributed by atoms with van der Waals surface area (Å²) in [4.78, 5) is 17.6. The summed E-state index contributed by atoms with van der Waals surface area (Å²) in [6.07, 6.45) is 3.25. The molecule has 2 heterocycles. The highest BCUT2D eigenvalue weighted by atomic mass is 35.5. The summed E-state index contributed by atoms with van der Waals surface area (Å²) in [5.41, 5.74) is 4.83. The summed E-state index contributed by atoms with van der Waals surface area (Å²) >= 11 is 12.0. The summed E-state index contributed by atoms with van der Waals surface area (Å²) < 4.78 is 0. The van der Waals surface area contributed by atoms with E-state index in [4.69, 9.17) is 23.2 Å². The largest absolute Gasteiger partial charge is 0.253 e. The molecule has 4 nitrogen and oxygen atoms in total. The van der Waals surface area contributed by atoms with Gasteiger partial charge < -0.3 is 0 Å². The molecular formula is C20H12Cl2N4. The Kier molecular flexibility index (Phi) is 4.61. The van der Waals surface area contributed by atoms with Crippen LogP contribution < -0.4 is 0 Å². The van der Waals surface area contributed by atoms with Crippen LogP contribution in [0.1, 0.15) is 0 Å². The number of hydrogen-bond acceptors (Lipinski definition) is 4. The summed E-state index contributed by atoms with van der Waals surface area (Å²) in [6.45, 7) is 0. The van der Waals surface area contributed by atoms with Crippen molar-refractivity contribution in [1.29, 1.82) is 0 Å². The first-order valence-corrected chi connectivity index (χ1v) is 8.63. The first kappa shape index (κ1) is 16.6. The lowest BCUT2D eigenvalue weighted by Crippen LogP contribution is -1.79. The SMILES string of the molecule is Clc1cc2ccccc(N=CC=Nc3ccccc4cc(Cl)nc3-4)c-2n1. The zero-order chi connectivity index (χ0) is 17.9. The van der Waals surface area contributed by atoms with Crippen LogP contribution in [0.15, 0.2) is 70.6 Å². The van der Waals surface area contributed by atoms with E-state index in [-0.39, 0.29) is 0 Å². The standard InChI is InChI=1S/C20H12Cl2N4/c21-17-11-13-5-1-3-7-15(19(13)25-17)23-9-10-24-16-8-4-2-6-14-12-18(22)26-20(14)16/h1-12H. The number of aliphatic imine (C=N–C) groups is 2. The van der Waals surface area contributed by atoms with E-state index in [0.29, 0.717) is 10.3 Å². The van der Waals surface area contributed by atoms with Crippen molar-refractivity contribution in [2.24, 2.45) is 9.98 Å². The molecule has 0 aromatic heterocycles. The topological polar surface area (TPSA) is 50.5 Å². The third-order valence-electron chi connectivity index (χ3n) is 3.79. The van der Waals surface area contributed by atoms with Gasteiger partial charge in [0.1, 0.15) is 10.3 Å². The Hall–Kier alpha value is -2.82. The first-order chi connectivity index (χ1) is 12.7. The molecule has 0 radical (unpaired) electrons. The van der Waals surface area contributed by atoms with Crippen molar-refractivity contribution in [3.05, 3.63) is 71.0 Å². The van der Waals surface area contributed by atoms with Crippen molar-refractivity contribution in [2.45, 2.75) is 0 Å². The number of aromatic nitrogens is 2. The summed E-state index contributed by atoms with van der Waals surface area (Å²) in [5.74, 6) is 0. The van der Waals surface area contributed by atoms with Gasteiger partial charge in [0.15, 0.2) is 0 Å². The highest BCUT2D eigenvalue weighted by molar-refractivity contribution is 6.30. The van der Waals surface area contributed by atoms with Crippen molar-refractivity contribution < 1.29 is 0 Å². The molecule has 0 aromatic carbocycles. The first-order valence-electron chi connectivity index (χ1n) is 7.88. The van der Waals surface area contributed by atoms with Gasteiger partial charge in [0.25, 0.3) is 0 Å². The second-order valence-electron chi connectivity index (χ2n) is 5.53. The highest BCUT2D eigenvalue weighted by Gasteiger charge is 2.11. The molecule has 0 fully saturated rings. The Labute approximate surface area is 160 Å². The molecule has 0 spiro atoms. The third kappa shape index (κ3) is 3.43. The van der Waals surface area contributed by atoms with E-state index >= 15 is 0 Å². The van der Waals surface area contributed by atoms with Gasteiger partial charge >= 0.3 is 0 Å². The molecule has 4 rings (SSSR count).